The number of hydrogen-bond acceptors (Lipinski definition) is 3. The molecule has 0 atom stereocenters. The third-order valence-corrected chi connectivity index (χ3v) is 4.68. The van der Waals surface area contributed by atoms with Gasteiger partial charge in [0.05, 0.1) is 0 Å². The first-order chi connectivity index (χ1) is 15.3. The van der Waals surface area contributed by atoms with Crippen LogP contribution in [0.5, 0.6) is 0 Å². The van der Waals surface area contributed by atoms with Crippen LogP contribution < -0.4 is 0 Å². The van der Waals surface area contributed by atoms with Crippen LogP contribution in [0.15, 0.2) is 121 Å². The first-order valence-corrected chi connectivity index (χ1v) is 10.1. The Balaban J connectivity index is 0.000000491. The van der Waals surface area contributed by atoms with Gasteiger partial charge in [0.1, 0.15) is 0 Å². The maximum atomic E-state index is 7.68. The van der Waals surface area contributed by atoms with Gasteiger partial charge in [-0.05, 0) is 33.4 Å². The van der Waals surface area contributed by atoms with Gasteiger partial charge in [0.15, 0.2) is 0 Å². The minimum Gasteiger partial charge on any atom is -0.457 e. The lowest BCUT2D eigenvalue weighted by atomic mass is 9.86. The molecule has 0 aliphatic rings. The molecule has 31 heavy (non-hydrogen) atoms. The zero-order valence-electron chi connectivity index (χ0n) is 17.3. The number of hydrogen-bond donors (Lipinski definition) is 2. The van der Waals surface area contributed by atoms with Crippen molar-refractivity contribution in [1.82, 2.24) is 0 Å². The van der Waals surface area contributed by atoms with E-state index in [9.17, 15) is 0 Å². The molecule has 0 radical (unpaired) electrons. The molecule has 0 saturated heterocycles. The molecule has 2 N–H and O–H groups in total. The van der Waals surface area contributed by atoms with E-state index in [0.29, 0.717) is 0 Å². The zero-order valence-corrected chi connectivity index (χ0v) is 17.3. The molecule has 0 fully saturated rings. The average molecular weight is 406 g/mol. The van der Waals surface area contributed by atoms with E-state index in [2.05, 4.69) is 126 Å². The second kappa shape index (κ2) is 12.4. The molecule has 4 aromatic carbocycles. The number of rotatable bonds is 6. The third kappa shape index (κ3) is 6.30. The Labute approximate surface area is 184 Å². The Morgan fingerprint density at radius 3 is 0.806 bits per heavy atom. The first-order valence-electron chi connectivity index (χ1n) is 10.1. The highest BCUT2D eigenvalue weighted by atomic mass is 16.5. The highest BCUT2D eigenvalue weighted by molar-refractivity contribution is 6.32. The van der Waals surface area contributed by atoms with Crippen molar-refractivity contribution < 1.29 is 14.6 Å². The van der Waals surface area contributed by atoms with Gasteiger partial charge in [0, 0.05) is 0 Å². The molecule has 0 aromatic heterocycles. The lowest BCUT2D eigenvalue weighted by Gasteiger charge is -2.18. The Morgan fingerprint density at radius 1 is 0.419 bits per heavy atom. The zero-order chi connectivity index (χ0) is 21.7. The van der Waals surface area contributed by atoms with E-state index in [1.165, 1.54) is 33.4 Å². The normalized spacial score (nSPS) is 9.74. The van der Waals surface area contributed by atoms with Gasteiger partial charge in [0.2, 0.25) is 0 Å². The predicted molar refractivity (Wildman–Crippen MR) is 131 cm³/mol. The van der Waals surface area contributed by atoms with E-state index in [0.717, 1.165) is 0 Å². The lowest BCUT2D eigenvalue weighted by molar-refractivity contribution is 0.408. The average Bonchev–Trinajstić information content (AvgIpc) is 2.85. The largest absolute Gasteiger partial charge is 0.457 e. The third-order valence-electron chi connectivity index (χ3n) is 4.68. The van der Waals surface area contributed by atoms with Crippen molar-refractivity contribution in [3.63, 3.8) is 0 Å². The fourth-order valence-corrected chi connectivity index (χ4v) is 3.37. The molecule has 0 aliphatic carbocycles. The van der Waals surface area contributed by atoms with Crippen LogP contribution >= 0.6 is 0 Å². The second-order valence-electron chi connectivity index (χ2n) is 6.68. The molecular formula is C26H24B2O3. The fourth-order valence-electron chi connectivity index (χ4n) is 3.37. The van der Waals surface area contributed by atoms with Gasteiger partial charge < -0.3 is 14.6 Å². The van der Waals surface area contributed by atoms with Crippen LogP contribution in [-0.2, 0) is 4.57 Å². The summed E-state index contributed by atoms with van der Waals surface area (Å²) >= 11 is 0. The van der Waals surface area contributed by atoms with Crippen molar-refractivity contribution in [2.24, 2.45) is 0 Å². The molecule has 0 amide bonds. The Morgan fingerprint density at radius 2 is 0.645 bits per heavy atom. The summed E-state index contributed by atoms with van der Waals surface area (Å²) in [6.45, 7) is 0. The van der Waals surface area contributed by atoms with Crippen molar-refractivity contribution >= 4 is 26.5 Å². The molecule has 3 nitrogen and oxygen atoms in total. The van der Waals surface area contributed by atoms with Gasteiger partial charge in [-0.25, -0.2) is 0 Å². The van der Waals surface area contributed by atoms with E-state index in [-0.39, 0.29) is 0 Å². The van der Waals surface area contributed by atoms with Crippen LogP contribution in [0.2, 0.25) is 0 Å². The monoisotopic (exact) mass is 406 g/mol. The van der Waals surface area contributed by atoms with E-state index in [1.807, 2.05) is 0 Å². The molecule has 4 aromatic rings. The van der Waals surface area contributed by atoms with Crippen LogP contribution in [0, 0.1) is 0 Å². The summed E-state index contributed by atoms with van der Waals surface area (Å²) in [4.78, 5) is 0. The molecule has 0 heterocycles. The van der Waals surface area contributed by atoms with Crippen LogP contribution in [0.4, 0.5) is 0 Å². The Bertz CT molecular complexity index is 885. The molecule has 0 saturated carbocycles. The summed E-state index contributed by atoms with van der Waals surface area (Å²) in [5.41, 5.74) is 7.40. The Kier molecular flexibility index (Phi) is 8.89. The number of benzene rings is 4. The van der Waals surface area contributed by atoms with E-state index in [1.54, 1.807) is 0 Å². The topological polar surface area (TPSA) is 49.7 Å². The molecule has 0 aliphatic heterocycles. The molecule has 0 spiro atoms. The summed E-state index contributed by atoms with van der Waals surface area (Å²) in [6.07, 6.45) is 0. The van der Waals surface area contributed by atoms with Gasteiger partial charge in [-0.2, -0.15) is 0 Å². The molecule has 0 unspecified atom stereocenters. The summed E-state index contributed by atoms with van der Waals surface area (Å²) in [7, 11) is -0.812. The highest BCUT2D eigenvalue weighted by Gasteiger charge is 2.15. The Hall–Kier alpha value is -3.37. The standard InChI is InChI=1S/C26H20.B2H4O3/c1-5-13-21(14-6-1)25(22-15-7-2-8-16-22)26(23-17-9-3-10-18-23)24-19-11-4-12-20-24;3-1-5-2-4/h1-20H;1-4H. The van der Waals surface area contributed by atoms with Gasteiger partial charge >= 0.3 is 15.4 Å². The summed E-state index contributed by atoms with van der Waals surface area (Å²) in [5, 5.41) is 15.4. The fraction of sp³-hybridized carbons (Fsp3) is 0. The van der Waals surface area contributed by atoms with Crippen LogP contribution in [0.25, 0.3) is 11.1 Å². The molecule has 0 bridgehead atoms. The maximum Gasteiger partial charge on any atom is 0.421 e. The minimum atomic E-state index is -0.406. The van der Waals surface area contributed by atoms with Crippen LogP contribution in [0.1, 0.15) is 22.3 Å². The summed E-state index contributed by atoms with van der Waals surface area (Å²) in [5.74, 6) is 0. The first kappa shape index (κ1) is 22.3. The van der Waals surface area contributed by atoms with E-state index >= 15 is 0 Å². The van der Waals surface area contributed by atoms with Crippen molar-refractivity contribution in [2.75, 3.05) is 0 Å². The minimum absolute atomic E-state index is 0.406. The predicted octanol–water partition coefficient (Wildman–Crippen LogP) is 4.21. The molecule has 152 valence electrons. The van der Waals surface area contributed by atoms with E-state index < -0.39 is 15.4 Å². The molecule has 4 rings (SSSR count). The molecular weight excluding hydrogens is 382 g/mol. The quantitative estimate of drug-likeness (QED) is 0.373. The van der Waals surface area contributed by atoms with Crippen molar-refractivity contribution in [3.8, 4) is 0 Å². The SMILES string of the molecule is OBOBO.c1ccc(C(=C(c2ccccc2)c2ccccc2)c2ccccc2)cc1. The summed E-state index contributed by atoms with van der Waals surface area (Å²) < 4.78 is 3.94. The lowest BCUT2D eigenvalue weighted by Crippen LogP contribution is -2.00. The van der Waals surface area contributed by atoms with Crippen molar-refractivity contribution in [3.05, 3.63) is 144 Å². The van der Waals surface area contributed by atoms with Gasteiger partial charge in [0.25, 0.3) is 0 Å². The van der Waals surface area contributed by atoms with Gasteiger partial charge in [-0.3, -0.25) is 0 Å². The van der Waals surface area contributed by atoms with Crippen LogP contribution in [0.3, 0.4) is 0 Å². The van der Waals surface area contributed by atoms with Crippen LogP contribution in [-0.4, -0.2) is 25.4 Å². The van der Waals surface area contributed by atoms with Crippen molar-refractivity contribution in [2.45, 2.75) is 0 Å². The highest BCUT2D eigenvalue weighted by Crippen LogP contribution is 2.36. The van der Waals surface area contributed by atoms with Gasteiger partial charge in [-0.1, -0.05) is 121 Å². The van der Waals surface area contributed by atoms with Crippen molar-refractivity contribution in [1.29, 1.82) is 0 Å². The molecule has 5 heteroatoms. The maximum absolute atomic E-state index is 7.68. The smallest absolute Gasteiger partial charge is 0.421 e. The van der Waals surface area contributed by atoms with Gasteiger partial charge in [-0.15, -0.1) is 0 Å². The van der Waals surface area contributed by atoms with E-state index in [4.69, 9.17) is 10.0 Å². The summed E-state index contributed by atoms with van der Waals surface area (Å²) in [6, 6.07) is 42.6. The second-order valence-corrected chi connectivity index (χ2v) is 6.68.